The van der Waals surface area contributed by atoms with Crippen molar-refractivity contribution in [3.8, 4) is 5.75 Å². The number of benzene rings is 1. The van der Waals surface area contributed by atoms with E-state index in [1.807, 2.05) is 0 Å². The van der Waals surface area contributed by atoms with E-state index >= 15 is 0 Å². The number of hydrogen-bond donors (Lipinski definition) is 0. The summed E-state index contributed by atoms with van der Waals surface area (Å²) in [5.74, 6) is 0.575. The molecular weight excluding hydrogens is 327 g/mol. The molecule has 0 N–H and O–H groups in total. The molecule has 4 heteroatoms. The van der Waals surface area contributed by atoms with Crippen LogP contribution in [0, 0.1) is 11.7 Å². The van der Waals surface area contributed by atoms with Gasteiger partial charge in [0.1, 0.15) is 0 Å². The van der Waals surface area contributed by atoms with Crippen molar-refractivity contribution in [2.24, 2.45) is 5.92 Å². The lowest BCUT2D eigenvalue weighted by molar-refractivity contribution is 0.227. The number of rotatable bonds is 9. The third kappa shape index (κ3) is 6.84. The minimum Gasteiger partial charge on any atom is -0.490 e. The second-order valence-electron chi connectivity index (χ2n) is 6.74. The summed E-state index contributed by atoms with van der Waals surface area (Å²) in [7, 11) is -0.110. The maximum absolute atomic E-state index is 13.7. The first-order chi connectivity index (χ1) is 11.2. The summed E-state index contributed by atoms with van der Waals surface area (Å²) in [6, 6.07) is 8.95. The molecular formula is C19H29ClFOSi. The van der Waals surface area contributed by atoms with Crippen LogP contribution in [0.15, 0.2) is 18.2 Å². The summed E-state index contributed by atoms with van der Waals surface area (Å²) >= 11 is 5.76. The van der Waals surface area contributed by atoms with Crippen LogP contribution in [0.5, 0.6) is 5.75 Å². The first-order valence-electron chi connectivity index (χ1n) is 9.10. The molecule has 0 spiro atoms. The van der Waals surface area contributed by atoms with Crippen LogP contribution in [0.1, 0.15) is 51.9 Å². The van der Waals surface area contributed by atoms with E-state index in [4.69, 9.17) is 16.3 Å². The molecule has 0 atom stereocenters. The number of ether oxygens (including phenoxy) is 1. The van der Waals surface area contributed by atoms with Gasteiger partial charge in [-0.1, -0.05) is 68.8 Å². The third-order valence-corrected chi connectivity index (χ3v) is 8.10. The Kier molecular flexibility index (Phi) is 8.45. The molecule has 1 aliphatic rings. The van der Waals surface area contributed by atoms with Gasteiger partial charge in [0.25, 0.3) is 0 Å². The summed E-state index contributed by atoms with van der Waals surface area (Å²) in [4.78, 5) is 0. The van der Waals surface area contributed by atoms with Crippen molar-refractivity contribution < 1.29 is 9.13 Å². The minimum absolute atomic E-state index is 0.110. The van der Waals surface area contributed by atoms with E-state index in [9.17, 15) is 4.39 Å². The van der Waals surface area contributed by atoms with Crippen LogP contribution in [-0.2, 0) is 0 Å². The van der Waals surface area contributed by atoms with Crippen LogP contribution in [0.3, 0.4) is 0 Å². The van der Waals surface area contributed by atoms with Gasteiger partial charge in [0.2, 0.25) is 0 Å². The molecule has 0 amide bonds. The van der Waals surface area contributed by atoms with E-state index in [1.165, 1.54) is 69.1 Å². The Morgan fingerprint density at radius 2 is 1.91 bits per heavy atom. The molecule has 1 aromatic rings. The van der Waals surface area contributed by atoms with Gasteiger partial charge in [-0.25, -0.2) is 4.39 Å². The van der Waals surface area contributed by atoms with E-state index in [0.29, 0.717) is 23.3 Å². The van der Waals surface area contributed by atoms with Gasteiger partial charge in [0, 0.05) is 13.8 Å². The molecule has 0 bridgehead atoms. The van der Waals surface area contributed by atoms with Crippen molar-refractivity contribution >= 4 is 20.4 Å². The monoisotopic (exact) mass is 355 g/mol. The summed E-state index contributed by atoms with van der Waals surface area (Å²) in [6.45, 7) is 2.91. The van der Waals surface area contributed by atoms with Gasteiger partial charge in [0.05, 0.1) is 6.61 Å². The van der Waals surface area contributed by atoms with E-state index in [0.717, 1.165) is 0 Å². The maximum Gasteiger partial charge on any atom is 0.166 e. The molecule has 1 radical (unpaired) electrons. The highest BCUT2D eigenvalue weighted by Crippen LogP contribution is 2.29. The number of halogens is 2. The molecule has 0 aromatic heterocycles. The zero-order valence-electron chi connectivity index (χ0n) is 14.3. The molecule has 1 fully saturated rings. The average molecular weight is 356 g/mol. The molecule has 0 aliphatic carbocycles. The van der Waals surface area contributed by atoms with Crippen LogP contribution in [0.2, 0.25) is 23.2 Å². The third-order valence-electron chi connectivity index (χ3n) is 4.81. The highest BCUT2D eigenvalue weighted by atomic mass is 35.5. The van der Waals surface area contributed by atoms with Crippen LogP contribution < -0.4 is 4.74 Å². The highest BCUT2D eigenvalue weighted by molar-refractivity contribution is 6.58. The molecule has 0 saturated carbocycles. The summed E-state index contributed by atoms with van der Waals surface area (Å²) in [6.07, 6.45) is 9.51. The Hall–Kier alpha value is -0.543. The number of unbranched alkanes of at least 4 members (excludes halogenated alkanes) is 4. The van der Waals surface area contributed by atoms with Crippen LogP contribution in [-0.4, -0.2) is 15.4 Å². The Morgan fingerprint density at radius 1 is 1.17 bits per heavy atom. The lowest BCUT2D eigenvalue weighted by atomic mass is 10.0. The summed E-state index contributed by atoms with van der Waals surface area (Å²) in [5.41, 5.74) is 0. The first-order valence-corrected chi connectivity index (χ1v) is 11.6. The Labute approximate surface area is 147 Å². The van der Waals surface area contributed by atoms with Gasteiger partial charge < -0.3 is 4.74 Å². The van der Waals surface area contributed by atoms with Gasteiger partial charge in [-0.3, -0.25) is 0 Å². The lowest BCUT2D eigenvalue weighted by Crippen LogP contribution is -2.24. The quantitative estimate of drug-likeness (QED) is 0.352. The summed E-state index contributed by atoms with van der Waals surface area (Å²) < 4.78 is 19.4. The van der Waals surface area contributed by atoms with Gasteiger partial charge in [-0.2, -0.15) is 0 Å². The standard InChI is InChI=1S/C19H29ClFOSi/c1-2-3-4-5-6-11-23-12-9-16(10-13-23)15-22-19-8-7-17(20)14-18(19)21/h7-8,14,16H,2-6,9-13,15H2,1H3. The molecule has 1 aromatic carbocycles. The second-order valence-corrected chi connectivity index (χ2v) is 10.2. The minimum atomic E-state index is -0.356. The topological polar surface area (TPSA) is 9.23 Å². The first kappa shape index (κ1) is 18.8. The predicted molar refractivity (Wildman–Crippen MR) is 98.6 cm³/mol. The van der Waals surface area contributed by atoms with Gasteiger partial charge in [-0.15, -0.1) is 0 Å². The van der Waals surface area contributed by atoms with Crippen molar-refractivity contribution in [3.05, 3.63) is 29.0 Å². The average Bonchev–Trinajstić information content (AvgIpc) is 2.55. The Bertz CT molecular complexity index is 461. The smallest absolute Gasteiger partial charge is 0.166 e. The van der Waals surface area contributed by atoms with Gasteiger partial charge >= 0.3 is 0 Å². The fourth-order valence-electron chi connectivity index (χ4n) is 3.28. The molecule has 1 aliphatic heterocycles. The molecule has 129 valence electrons. The molecule has 1 saturated heterocycles. The highest BCUT2D eigenvalue weighted by Gasteiger charge is 2.22. The van der Waals surface area contributed by atoms with E-state index < -0.39 is 0 Å². The predicted octanol–water partition coefficient (Wildman–Crippen LogP) is 6.73. The molecule has 0 unspecified atom stereocenters. The molecule has 2 rings (SSSR count). The summed E-state index contributed by atoms with van der Waals surface area (Å²) in [5, 5.41) is 0.415. The van der Waals surface area contributed by atoms with E-state index in [1.54, 1.807) is 12.1 Å². The van der Waals surface area contributed by atoms with Crippen LogP contribution >= 0.6 is 11.6 Å². The zero-order chi connectivity index (χ0) is 16.5. The molecule has 1 nitrogen and oxygen atoms in total. The molecule has 1 heterocycles. The normalized spacial score (nSPS) is 16.7. The van der Waals surface area contributed by atoms with E-state index in [2.05, 4.69) is 6.92 Å². The lowest BCUT2D eigenvalue weighted by Gasteiger charge is -2.27. The van der Waals surface area contributed by atoms with Crippen molar-refractivity contribution in [2.45, 2.75) is 70.0 Å². The fraction of sp³-hybridized carbons (Fsp3) is 0.684. The fourth-order valence-corrected chi connectivity index (χ4v) is 6.57. The maximum atomic E-state index is 13.7. The van der Waals surface area contributed by atoms with Crippen LogP contribution in [0.4, 0.5) is 4.39 Å². The Morgan fingerprint density at radius 3 is 2.61 bits per heavy atom. The Balaban J connectivity index is 1.61. The van der Waals surface area contributed by atoms with Gasteiger partial charge in [-0.05, 0) is 37.0 Å². The second kappa shape index (κ2) is 10.3. The molecule has 23 heavy (non-hydrogen) atoms. The zero-order valence-corrected chi connectivity index (χ0v) is 16.0. The van der Waals surface area contributed by atoms with Crippen LogP contribution in [0.25, 0.3) is 0 Å². The van der Waals surface area contributed by atoms with Crippen molar-refractivity contribution in [1.29, 1.82) is 0 Å². The van der Waals surface area contributed by atoms with Gasteiger partial charge in [0.15, 0.2) is 11.6 Å². The van der Waals surface area contributed by atoms with Crippen molar-refractivity contribution in [2.75, 3.05) is 6.61 Å². The van der Waals surface area contributed by atoms with Crippen molar-refractivity contribution in [3.63, 3.8) is 0 Å². The van der Waals surface area contributed by atoms with Crippen molar-refractivity contribution in [1.82, 2.24) is 0 Å². The van der Waals surface area contributed by atoms with E-state index in [-0.39, 0.29) is 14.6 Å². The SMILES string of the molecule is CCCCCCC[Si]1CCC(COc2ccc(Cl)cc2F)CC1. The largest absolute Gasteiger partial charge is 0.490 e. The number of hydrogen-bond acceptors (Lipinski definition) is 1.